The van der Waals surface area contributed by atoms with Crippen LogP contribution in [0.15, 0.2) is 34.9 Å². The molecule has 0 radical (unpaired) electrons. The third-order valence-corrected chi connectivity index (χ3v) is 3.70. The van der Waals surface area contributed by atoms with Crippen molar-refractivity contribution in [3.63, 3.8) is 0 Å². The lowest BCUT2D eigenvalue weighted by atomic mass is 9.82. The number of hydrogen-bond donors (Lipinski definition) is 2. The van der Waals surface area contributed by atoms with E-state index in [9.17, 15) is 19.6 Å². The first-order valence-electron chi connectivity index (χ1n) is 7.37. The van der Waals surface area contributed by atoms with E-state index < -0.39 is 23.5 Å². The largest absolute Gasteiger partial charge is 0.504 e. The van der Waals surface area contributed by atoms with Crippen LogP contribution in [0.2, 0.25) is 0 Å². The Hall–Kier alpha value is -3.21. The van der Waals surface area contributed by atoms with E-state index >= 15 is 0 Å². The molecule has 0 amide bonds. The second kappa shape index (κ2) is 7.13. The van der Waals surface area contributed by atoms with Gasteiger partial charge in [0.25, 0.3) is 0 Å². The first kappa shape index (κ1) is 18.1. The predicted octanol–water partition coefficient (Wildman–Crippen LogP) is 2.18. The zero-order valence-corrected chi connectivity index (χ0v) is 13.9. The molecule has 1 aromatic carbocycles. The molecule has 0 bridgehead atoms. The second-order valence-electron chi connectivity index (χ2n) is 5.16. The van der Waals surface area contributed by atoms with Gasteiger partial charge in [-0.2, -0.15) is 5.26 Å². The van der Waals surface area contributed by atoms with Crippen molar-refractivity contribution in [2.75, 3.05) is 13.7 Å². The minimum atomic E-state index is -1.15. The van der Waals surface area contributed by atoms with E-state index in [0.717, 1.165) is 12.1 Å². The van der Waals surface area contributed by atoms with Gasteiger partial charge in [-0.05, 0) is 19.9 Å². The Morgan fingerprint density at radius 1 is 1.52 bits per heavy atom. The van der Waals surface area contributed by atoms with E-state index in [2.05, 4.69) is 0 Å². The Morgan fingerprint density at radius 2 is 2.20 bits per heavy atom. The summed E-state index contributed by atoms with van der Waals surface area (Å²) in [6.45, 7) is 3.17. The molecule has 0 aromatic heterocycles. The van der Waals surface area contributed by atoms with Crippen molar-refractivity contribution in [3.05, 3.63) is 46.3 Å². The number of halogens is 1. The lowest BCUT2D eigenvalue weighted by molar-refractivity contribution is -0.139. The molecule has 0 saturated carbocycles. The van der Waals surface area contributed by atoms with Gasteiger partial charge >= 0.3 is 5.97 Å². The normalized spacial score (nSPS) is 17.0. The summed E-state index contributed by atoms with van der Waals surface area (Å²) >= 11 is 0. The van der Waals surface area contributed by atoms with Crippen molar-refractivity contribution in [2.45, 2.75) is 19.8 Å². The van der Waals surface area contributed by atoms with E-state index in [1.807, 2.05) is 6.07 Å². The number of nitriles is 1. The van der Waals surface area contributed by atoms with Gasteiger partial charge in [0.15, 0.2) is 11.5 Å². The van der Waals surface area contributed by atoms with Gasteiger partial charge in [0.1, 0.15) is 23.2 Å². The summed E-state index contributed by atoms with van der Waals surface area (Å²) in [4.78, 5) is 12.4. The Balaban J connectivity index is 2.76. The number of hydrogen-bond acceptors (Lipinski definition) is 7. The van der Waals surface area contributed by atoms with E-state index in [0.29, 0.717) is 0 Å². The number of aromatic hydroxyl groups is 1. The number of carbonyl (C=O) groups excluding carboxylic acids is 1. The molecule has 0 saturated heterocycles. The van der Waals surface area contributed by atoms with Crippen LogP contribution in [0.25, 0.3) is 0 Å². The first-order valence-corrected chi connectivity index (χ1v) is 7.37. The van der Waals surface area contributed by atoms with Gasteiger partial charge in [-0.1, -0.05) is 0 Å². The van der Waals surface area contributed by atoms with Gasteiger partial charge in [0.05, 0.1) is 25.2 Å². The minimum Gasteiger partial charge on any atom is -0.504 e. The molecule has 1 aliphatic heterocycles. The van der Waals surface area contributed by atoms with E-state index in [1.165, 1.54) is 14.0 Å². The van der Waals surface area contributed by atoms with Crippen molar-refractivity contribution in [3.8, 4) is 17.6 Å². The first-order chi connectivity index (χ1) is 11.8. The van der Waals surface area contributed by atoms with Crippen LogP contribution in [-0.2, 0) is 14.3 Å². The summed E-state index contributed by atoms with van der Waals surface area (Å²) in [5, 5.41) is 19.8. The van der Waals surface area contributed by atoms with Crippen molar-refractivity contribution in [2.24, 2.45) is 5.73 Å². The molecule has 0 aliphatic carbocycles. The highest BCUT2D eigenvalue weighted by molar-refractivity contribution is 5.93. The summed E-state index contributed by atoms with van der Waals surface area (Å²) < 4.78 is 29.2. The zero-order chi connectivity index (χ0) is 18.7. The van der Waals surface area contributed by atoms with Crippen LogP contribution in [-0.4, -0.2) is 24.8 Å². The van der Waals surface area contributed by atoms with Crippen molar-refractivity contribution in [1.29, 1.82) is 5.26 Å². The topological polar surface area (TPSA) is 115 Å². The van der Waals surface area contributed by atoms with E-state index in [-0.39, 0.29) is 40.7 Å². The summed E-state index contributed by atoms with van der Waals surface area (Å²) in [6, 6.07) is 3.84. The minimum absolute atomic E-state index is 0.0458. The molecular formula is C17H17FN2O5. The number of esters is 1. The Morgan fingerprint density at radius 3 is 2.76 bits per heavy atom. The monoisotopic (exact) mass is 348 g/mol. The highest BCUT2D eigenvalue weighted by atomic mass is 19.1. The molecule has 132 valence electrons. The van der Waals surface area contributed by atoms with Crippen molar-refractivity contribution < 1.29 is 28.5 Å². The summed E-state index contributed by atoms with van der Waals surface area (Å²) in [7, 11) is 1.25. The molecule has 1 atom stereocenters. The van der Waals surface area contributed by atoms with Crippen molar-refractivity contribution >= 4 is 5.97 Å². The maximum absolute atomic E-state index is 14.0. The highest BCUT2D eigenvalue weighted by Crippen LogP contribution is 2.45. The summed E-state index contributed by atoms with van der Waals surface area (Å²) in [5.74, 6) is -3.31. The Bertz CT molecular complexity index is 823. The van der Waals surface area contributed by atoms with Gasteiger partial charge in [0.2, 0.25) is 5.88 Å². The van der Waals surface area contributed by atoms with Gasteiger partial charge in [-0.3, -0.25) is 0 Å². The fourth-order valence-corrected chi connectivity index (χ4v) is 2.64. The van der Waals surface area contributed by atoms with Crippen LogP contribution in [0.3, 0.4) is 0 Å². The van der Waals surface area contributed by atoms with Crippen LogP contribution in [0.1, 0.15) is 25.3 Å². The number of rotatable bonds is 4. The molecule has 1 aliphatic rings. The number of phenols is 1. The fraction of sp³-hybridized carbons (Fsp3) is 0.294. The molecule has 0 spiro atoms. The molecule has 7 nitrogen and oxygen atoms in total. The standard InChI is InChI=1S/C17H17FN2O5/c1-4-24-17(22)13-8(2)25-16(20)11(7-19)14(13)10-5-9(18)6-12(23-3)15(10)21/h5-6,14,21H,4,20H2,1-3H3. The van der Waals surface area contributed by atoms with Crippen LogP contribution in [0, 0.1) is 17.1 Å². The third-order valence-electron chi connectivity index (χ3n) is 3.70. The van der Waals surface area contributed by atoms with Crippen LogP contribution in [0.5, 0.6) is 11.5 Å². The van der Waals surface area contributed by atoms with Crippen molar-refractivity contribution in [1.82, 2.24) is 0 Å². The number of allylic oxidation sites excluding steroid dienone is 2. The average Bonchev–Trinajstić information content (AvgIpc) is 2.56. The quantitative estimate of drug-likeness (QED) is 0.801. The van der Waals surface area contributed by atoms with E-state index in [4.69, 9.17) is 19.9 Å². The average molecular weight is 348 g/mol. The lowest BCUT2D eigenvalue weighted by Gasteiger charge is -2.27. The SMILES string of the molecule is CCOC(=O)C1=C(C)OC(N)=C(C#N)C1c1cc(F)cc(OC)c1O. The van der Waals surface area contributed by atoms with Gasteiger partial charge < -0.3 is 25.1 Å². The van der Waals surface area contributed by atoms with Gasteiger partial charge in [-0.15, -0.1) is 0 Å². The second-order valence-corrected chi connectivity index (χ2v) is 5.16. The fourth-order valence-electron chi connectivity index (χ4n) is 2.64. The molecule has 25 heavy (non-hydrogen) atoms. The zero-order valence-electron chi connectivity index (χ0n) is 13.9. The summed E-state index contributed by atoms with van der Waals surface area (Å²) in [6.07, 6.45) is 0. The molecule has 1 unspecified atom stereocenters. The maximum Gasteiger partial charge on any atom is 0.338 e. The number of carbonyl (C=O) groups is 1. The number of ether oxygens (including phenoxy) is 3. The summed E-state index contributed by atoms with van der Waals surface area (Å²) in [5.41, 5.74) is 5.50. The van der Waals surface area contributed by atoms with Crippen LogP contribution in [0.4, 0.5) is 4.39 Å². The van der Waals surface area contributed by atoms with Crippen LogP contribution >= 0.6 is 0 Å². The smallest absolute Gasteiger partial charge is 0.338 e. The van der Waals surface area contributed by atoms with Gasteiger partial charge in [-0.25, -0.2) is 9.18 Å². The van der Waals surface area contributed by atoms with Crippen LogP contribution < -0.4 is 10.5 Å². The Labute approximate surface area is 143 Å². The molecule has 3 N–H and O–H groups in total. The third kappa shape index (κ3) is 3.21. The molecule has 0 fully saturated rings. The number of phenolic OH excluding ortho intramolecular Hbond substituents is 1. The predicted molar refractivity (Wildman–Crippen MR) is 84.6 cm³/mol. The number of benzene rings is 1. The lowest BCUT2D eigenvalue weighted by Crippen LogP contribution is -2.25. The molecule has 1 heterocycles. The van der Waals surface area contributed by atoms with E-state index in [1.54, 1.807) is 6.92 Å². The number of nitrogens with zero attached hydrogens (tertiary/aromatic N) is 1. The number of methoxy groups -OCH3 is 1. The number of nitrogens with two attached hydrogens (primary N) is 1. The van der Waals surface area contributed by atoms with Gasteiger partial charge in [0, 0.05) is 11.6 Å². The molecule has 1 aromatic rings. The molecular weight excluding hydrogens is 331 g/mol. The Kier molecular flexibility index (Phi) is 5.17. The molecule has 8 heteroatoms. The highest BCUT2D eigenvalue weighted by Gasteiger charge is 2.38. The molecule has 2 rings (SSSR count). The maximum atomic E-state index is 14.0.